The van der Waals surface area contributed by atoms with Gasteiger partial charge in [-0.1, -0.05) is 24.3 Å². The van der Waals surface area contributed by atoms with E-state index in [1.807, 2.05) is 31.2 Å². The molecule has 5 nitrogen and oxygen atoms in total. The molecule has 1 N–H and O–H groups in total. The van der Waals surface area contributed by atoms with Gasteiger partial charge in [-0.25, -0.2) is 4.79 Å². The lowest BCUT2D eigenvalue weighted by Crippen LogP contribution is -2.42. The fraction of sp³-hybridized carbons (Fsp3) is 0.500. The van der Waals surface area contributed by atoms with Crippen LogP contribution >= 0.6 is 0 Å². The van der Waals surface area contributed by atoms with Gasteiger partial charge in [0.2, 0.25) is 5.91 Å². The smallest absolute Gasteiger partial charge is 0.409 e. The maximum absolute atomic E-state index is 12.2. The lowest BCUT2D eigenvalue weighted by Gasteiger charge is -2.30. The molecule has 0 bridgehead atoms. The fourth-order valence-electron chi connectivity index (χ4n) is 2.59. The van der Waals surface area contributed by atoms with Gasteiger partial charge in [0, 0.05) is 25.6 Å². The molecule has 1 fully saturated rings. The molecule has 0 aromatic heterocycles. The first-order valence-corrected chi connectivity index (χ1v) is 7.27. The maximum Gasteiger partial charge on any atom is 0.409 e. The van der Waals surface area contributed by atoms with Gasteiger partial charge in [0.05, 0.1) is 7.11 Å². The van der Waals surface area contributed by atoms with Crippen molar-refractivity contribution in [2.75, 3.05) is 20.2 Å². The summed E-state index contributed by atoms with van der Waals surface area (Å²) in [5.41, 5.74) is 2.32. The molecule has 1 heterocycles. The van der Waals surface area contributed by atoms with E-state index in [2.05, 4.69) is 5.32 Å². The first kappa shape index (κ1) is 15.4. The van der Waals surface area contributed by atoms with Crippen molar-refractivity contribution in [3.63, 3.8) is 0 Å². The summed E-state index contributed by atoms with van der Waals surface area (Å²) in [5.74, 6) is 0.0534. The van der Waals surface area contributed by atoms with Gasteiger partial charge in [-0.05, 0) is 30.9 Å². The average Bonchev–Trinajstić information content (AvgIpc) is 2.53. The van der Waals surface area contributed by atoms with Crippen LogP contribution in [0.2, 0.25) is 0 Å². The summed E-state index contributed by atoms with van der Waals surface area (Å²) < 4.78 is 4.69. The quantitative estimate of drug-likeness (QED) is 0.927. The topological polar surface area (TPSA) is 58.6 Å². The number of benzene rings is 1. The Bertz CT molecular complexity index is 508. The van der Waals surface area contributed by atoms with Crippen LogP contribution < -0.4 is 5.32 Å². The number of methoxy groups -OCH3 is 1. The zero-order valence-corrected chi connectivity index (χ0v) is 12.6. The third-order valence-corrected chi connectivity index (χ3v) is 4.01. The van der Waals surface area contributed by atoms with Gasteiger partial charge in [-0.2, -0.15) is 0 Å². The first-order valence-electron chi connectivity index (χ1n) is 7.27. The summed E-state index contributed by atoms with van der Waals surface area (Å²) >= 11 is 0. The van der Waals surface area contributed by atoms with Crippen molar-refractivity contribution in [1.29, 1.82) is 0 Å². The van der Waals surface area contributed by atoms with Crippen molar-refractivity contribution in [2.45, 2.75) is 26.3 Å². The SMILES string of the molecule is COC(=O)N1CCC(C(=O)NCc2ccccc2C)CC1. The van der Waals surface area contributed by atoms with Crippen molar-refractivity contribution >= 4 is 12.0 Å². The zero-order chi connectivity index (χ0) is 15.2. The Labute approximate surface area is 125 Å². The van der Waals surface area contributed by atoms with Gasteiger partial charge in [-0.3, -0.25) is 4.79 Å². The minimum Gasteiger partial charge on any atom is -0.453 e. The summed E-state index contributed by atoms with van der Waals surface area (Å²) in [6.45, 7) is 3.75. The molecule has 0 saturated carbocycles. The second-order valence-electron chi connectivity index (χ2n) is 5.38. The number of piperidine rings is 1. The largest absolute Gasteiger partial charge is 0.453 e. The minimum atomic E-state index is -0.311. The molecule has 0 atom stereocenters. The molecule has 1 aromatic rings. The number of hydrogen-bond acceptors (Lipinski definition) is 3. The van der Waals surface area contributed by atoms with Gasteiger partial charge >= 0.3 is 6.09 Å². The van der Waals surface area contributed by atoms with Crippen molar-refractivity contribution in [3.8, 4) is 0 Å². The highest BCUT2D eigenvalue weighted by Crippen LogP contribution is 2.18. The van der Waals surface area contributed by atoms with Crippen LogP contribution in [0.25, 0.3) is 0 Å². The van der Waals surface area contributed by atoms with Crippen LogP contribution in [0.3, 0.4) is 0 Å². The second kappa shape index (κ2) is 7.11. The lowest BCUT2D eigenvalue weighted by atomic mass is 9.96. The van der Waals surface area contributed by atoms with Gasteiger partial charge in [-0.15, -0.1) is 0 Å². The molecule has 0 spiro atoms. The number of rotatable bonds is 3. The molecular weight excluding hydrogens is 268 g/mol. The Hall–Kier alpha value is -2.04. The highest BCUT2D eigenvalue weighted by atomic mass is 16.5. The summed E-state index contributed by atoms with van der Waals surface area (Å²) in [7, 11) is 1.38. The van der Waals surface area contributed by atoms with Crippen LogP contribution in [0.5, 0.6) is 0 Å². The van der Waals surface area contributed by atoms with Gasteiger partial charge in [0.1, 0.15) is 0 Å². The number of carbonyl (C=O) groups excluding carboxylic acids is 2. The molecule has 2 rings (SSSR count). The van der Waals surface area contributed by atoms with E-state index < -0.39 is 0 Å². The Morgan fingerprint density at radius 1 is 1.29 bits per heavy atom. The molecule has 1 aliphatic heterocycles. The van der Waals surface area contributed by atoms with E-state index in [4.69, 9.17) is 4.74 Å². The van der Waals surface area contributed by atoms with E-state index in [0.717, 1.165) is 5.56 Å². The minimum absolute atomic E-state index is 0.0186. The van der Waals surface area contributed by atoms with E-state index in [1.54, 1.807) is 4.90 Å². The lowest BCUT2D eigenvalue weighted by molar-refractivity contribution is -0.126. The molecule has 1 aliphatic rings. The van der Waals surface area contributed by atoms with Crippen molar-refractivity contribution in [1.82, 2.24) is 10.2 Å². The van der Waals surface area contributed by atoms with E-state index in [-0.39, 0.29) is 17.9 Å². The maximum atomic E-state index is 12.2. The summed E-state index contributed by atoms with van der Waals surface area (Å²) in [6.07, 6.45) is 1.07. The Kier molecular flexibility index (Phi) is 5.20. The molecule has 114 valence electrons. The Morgan fingerprint density at radius 3 is 2.57 bits per heavy atom. The number of hydrogen-bond donors (Lipinski definition) is 1. The third-order valence-electron chi connectivity index (χ3n) is 4.01. The molecule has 21 heavy (non-hydrogen) atoms. The Morgan fingerprint density at radius 2 is 1.95 bits per heavy atom. The van der Waals surface area contributed by atoms with Crippen LogP contribution in [-0.4, -0.2) is 37.1 Å². The van der Waals surface area contributed by atoms with Gasteiger partial charge < -0.3 is 15.0 Å². The number of aryl methyl sites for hydroxylation is 1. The predicted molar refractivity (Wildman–Crippen MR) is 79.7 cm³/mol. The molecule has 5 heteroatoms. The number of amides is 2. The first-order chi connectivity index (χ1) is 10.1. The number of carbonyl (C=O) groups is 2. The molecule has 0 aliphatic carbocycles. The molecule has 0 unspecified atom stereocenters. The second-order valence-corrected chi connectivity index (χ2v) is 5.38. The summed E-state index contributed by atoms with van der Waals surface area (Å²) in [4.78, 5) is 25.2. The number of nitrogens with one attached hydrogen (secondary N) is 1. The number of nitrogens with zero attached hydrogens (tertiary/aromatic N) is 1. The Balaban J connectivity index is 1.80. The average molecular weight is 290 g/mol. The fourth-order valence-corrected chi connectivity index (χ4v) is 2.59. The van der Waals surface area contributed by atoms with Crippen molar-refractivity contribution in [3.05, 3.63) is 35.4 Å². The molecule has 2 amide bonds. The normalized spacial score (nSPS) is 15.6. The van der Waals surface area contributed by atoms with Gasteiger partial charge in [0.15, 0.2) is 0 Å². The van der Waals surface area contributed by atoms with E-state index in [0.29, 0.717) is 32.5 Å². The predicted octanol–water partition coefficient (Wildman–Crippen LogP) is 2.09. The standard InChI is InChI=1S/C16H22N2O3/c1-12-5-3-4-6-14(12)11-17-15(19)13-7-9-18(10-8-13)16(20)21-2/h3-6,13H,7-11H2,1-2H3,(H,17,19). The monoisotopic (exact) mass is 290 g/mol. The van der Waals surface area contributed by atoms with E-state index in [9.17, 15) is 9.59 Å². The zero-order valence-electron chi connectivity index (χ0n) is 12.6. The molecular formula is C16H22N2O3. The van der Waals surface area contributed by atoms with Crippen LogP contribution in [0.1, 0.15) is 24.0 Å². The molecule has 0 radical (unpaired) electrons. The number of ether oxygens (including phenoxy) is 1. The van der Waals surface area contributed by atoms with Crippen LogP contribution in [-0.2, 0) is 16.1 Å². The van der Waals surface area contributed by atoms with Crippen molar-refractivity contribution < 1.29 is 14.3 Å². The summed E-state index contributed by atoms with van der Waals surface area (Å²) in [6, 6.07) is 8.03. The highest BCUT2D eigenvalue weighted by molar-refractivity contribution is 5.79. The molecule has 1 aromatic carbocycles. The third kappa shape index (κ3) is 3.97. The van der Waals surface area contributed by atoms with Crippen molar-refractivity contribution in [2.24, 2.45) is 5.92 Å². The summed E-state index contributed by atoms with van der Waals surface area (Å²) in [5, 5.41) is 2.99. The van der Waals surface area contributed by atoms with Crippen LogP contribution in [0.4, 0.5) is 4.79 Å². The van der Waals surface area contributed by atoms with Crippen LogP contribution in [0, 0.1) is 12.8 Å². The highest BCUT2D eigenvalue weighted by Gasteiger charge is 2.27. The van der Waals surface area contributed by atoms with E-state index in [1.165, 1.54) is 12.7 Å². The van der Waals surface area contributed by atoms with Gasteiger partial charge in [0.25, 0.3) is 0 Å². The van der Waals surface area contributed by atoms with E-state index >= 15 is 0 Å². The van der Waals surface area contributed by atoms with Crippen LogP contribution in [0.15, 0.2) is 24.3 Å². The molecule has 1 saturated heterocycles. The number of likely N-dealkylation sites (tertiary alicyclic amines) is 1.